The van der Waals surface area contributed by atoms with E-state index < -0.39 is 49.9 Å². The molecule has 0 radical (unpaired) electrons. The summed E-state index contributed by atoms with van der Waals surface area (Å²) in [5, 5.41) is 44.4. The van der Waals surface area contributed by atoms with E-state index in [9.17, 15) is 30.8 Å². The smallest absolute Gasteiger partial charge is 0.477 e. The number of ether oxygens (including phenoxy) is 2. The minimum atomic E-state index is -4.02. The third kappa shape index (κ3) is 13.5. The van der Waals surface area contributed by atoms with Crippen molar-refractivity contribution in [1.82, 2.24) is 19.4 Å². The van der Waals surface area contributed by atoms with Crippen LogP contribution in [0.3, 0.4) is 0 Å². The topological polar surface area (TPSA) is 295 Å². The zero-order valence-electron chi connectivity index (χ0n) is 42.2. The van der Waals surface area contributed by atoms with Gasteiger partial charge in [0, 0.05) is 62.8 Å². The maximum atomic E-state index is 15.5. The zero-order chi connectivity index (χ0) is 59.0. The van der Waals surface area contributed by atoms with Crippen LogP contribution >= 0.6 is 39.1 Å². The Kier molecular flexibility index (Phi) is 18.3. The highest BCUT2D eigenvalue weighted by Crippen LogP contribution is 2.36. The molecule has 0 aliphatic rings. The molecule has 20 nitrogen and oxygen atoms in total. The summed E-state index contributed by atoms with van der Waals surface area (Å²) in [7, 11) is -9.41. The fourth-order valence-corrected chi connectivity index (χ4v) is 10.5. The first-order chi connectivity index (χ1) is 39.1. The lowest BCUT2D eigenvalue weighted by Crippen LogP contribution is -2.29. The molecule has 0 fully saturated rings. The van der Waals surface area contributed by atoms with Gasteiger partial charge in [0.25, 0.3) is 31.2 Å². The molecule has 0 unspecified atom stereocenters. The summed E-state index contributed by atoms with van der Waals surface area (Å²) in [4.78, 5) is 25.6. The number of benzene rings is 6. The van der Waals surface area contributed by atoms with Crippen molar-refractivity contribution in [3.05, 3.63) is 204 Å². The number of hydrogen-bond acceptors (Lipinski definition) is 16. The standard InChI is InChI=1S/C27H18ClFN4O5S.C20H12BrFN4O5S.C7H8BClO2/c1-16-12-17(2-5-21(16)28)20-14-25(37-11-9-30)24(15-22(20)29)33-23-6-4-19(13-18(23)3-7-27(33)34)39(35,36)32-26-8-10-38-31-26;21-14-10-18(30-8-6-23)17(11-15(14)22)26-16-3-2-13(9-12(16)1-4-20(26)27)32(28,29)25-19-5-7-31-24-19;1-5-4-6(8(10)11)2-3-7(5)9/h2-8,10,12-15H,11H2,1H3,(H,31,32);1-5,7,9-11H,8H2,(H,24,25);2-4,10-11H,1H3. The molecule has 28 heteroatoms. The molecule has 0 spiro atoms. The maximum absolute atomic E-state index is 15.5. The van der Waals surface area contributed by atoms with Gasteiger partial charge in [-0.05, 0) is 131 Å². The maximum Gasteiger partial charge on any atom is 0.488 e. The van der Waals surface area contributed by atoms with Crippen LogP contribution in [0.4, 0.5) is 20.4 Å². The molecule has 4 heterocycles. The van der Waals surface area contributed by atoms with Crippen LogP contribution in [0.25, 0.3) is 44.3 Å². The Morgan fingerprint density at radius 2 is 1.11 bits per heavy atom. The Hall–Kier alpha value is -8.86. The highest BCUT2D eigenvalue weighted by Gasteiger charge is 2.23. The monoisotopic (exact) mass is 1250 g/mol. The normalized spacial score (nSPS) is 11.1. The molecule has 0 atom stereocenters. The van der Waals surface area contributed by atoms with Crippen molar-refractivity contribution in [3.8, 4) is 46.1 Å². The number of rotatable bonds is 14. The van der Waals surface area contributed by atoms with Crippen molar-refractivity contribution in [2.75, 3.05) is 22.7 Å². The second-order valence-corrected chi connectivity index (χ2v) is 22.2. The SMILES string of the molecule is Cc1cc(-c2cc(OCC#N)c(-n3c(=O)ccc4cc(S(=O)(=O)Nc5ccon5)ccc43)cc2F)ccc1Cl.Cc1cc(B(O)O)ccc1Cl.N#CCOc1cc(Br)c(F)cc1-n1c(=O)ccc2cc(S(=O)(=O)Nc3ccon3)ccc21. The second kappa shape index (κ2) is 25.3. The fraction of sp³-hybridized carbons (Fsp3) is 0.0741. The minimum absolute atomic E-state index is 0.00537. The number of anilines is 2. The fourth-order valence-electron chi connectivity index (χ4n) is 7.93. The summed E-state index contributed by atoms with van der Waals surface area (Å²) >= 11 is 14.9. The first kappa shape index (κ1) is 59.3. The Morgan fingerprint density at radius 1 is 0.634 bits per heavy atom. The molecular weight excluding hydrogens is 1220 g/mol. The average Bonchev–Trinajstić information content (AvgIpc) is 3.65. The molecule has 10 aromatic rings. The summed E-state index contributed by atoms with van der Waals surface area (Å²) < 4.78 is 108. The van der Waals surface area contributed by atoms with Gasteiger partial charge in [-0.1, -0.05) is 51.7 Å². The van der Waals surface area contributed by atoms with Gasteiger partial charge < -0.3 is 28.6 Å². The highest BCUT2D eigenvalue weighted by atomic mass is 79.9. The van der Waals surface area contributed by atoms with Crippen LogP contribution in [0.5, 0.6) is 11.5 Å². The van der Waals surface area contributed by atoms with Crippen LogP contribution in [0.1, 0.15) is 11.1 Å². The zero-order valence-corrected chi connectivity index (χ0v) is 46.9. The highest BCUT2D eigenvalue weighted by molar-refractivity contribution is 9.10. The summed E-state index contributed by atoms with van der Waals surface area (Å²) in [6, 6.07) is 34.8. The van der Waals surface area contributed by atoms with Gasteiger partial charge in [0.15, 0.2) is 24.8 Å². The Balaban J connectivity index is 0.000000183. The van der Waals surface area contributed by atoms with Gasteiger partial charge in [0.2, 0.25) is 0 Å². The van der Waals surface area contributed by atoms with E-state index in [0.717, 1.165) is 23.3 Å². The Morgan fingerprint density at radius 3 is 1.56 bits per heavy atom. The number of nitriles is 2. The Labute approximate surface area is 482 Å². The van der Waals surface area contributed by atoms with Gasteiger partial charge in [-0.25, -0.2) is 25.6 Å². The van der Waals surface area contributed by atoms with Crippen LogP contribution in [0.2, 0.25) is 10.0 Å². The van der Waals surface area contributed by atoms with Crippen LogP contribution < -0.4 is 35.5 Å². The predicted octanol–water partition coefficient (Wildman–Crippen LogP) is 9.36. The molecule has 4 N–H and O–H groups in total. The number of sulfonamides is 2. The van der Waals surface area contributed by atoms with E-state index >= 15 is 4.39 Å². The van der Waals surface area contributed by atoms with Crippen LogP contribution in [-0.2, 0) is 20.0 Å². The summed E-state index contributed by atoms with van der Waals surface area (Å²) in [6.07, 6.45) is 2.45. The largest absolute Gasteiger partial charge is 0.488 e. The third-order valence-corrected chi connectivity index (χ3v) is 15.9. The van der Waals surface area contributed by atoms with Gasteiger partial charge in [0.05, 0.1) is 36.7 Å². The van der Waals surface area contributed by atoms with E-state index in [4.69, 9.17) is 53.2 Å². The van der Waals surface area contributed by atoms with Crippen molar-refractivity contribution in [1.29, 1.82) is 10.5 Å². The molecule has 4 aromatic heterocycles. The van der Waals surface area contributed by atoms with E-state index in [-0.39, 0.29) is 67.6 Å². The van der Waals surface area contributed by atoms with E-state index in [2.05, 4.69) is 44.7 Å². The summed E-state index contributed by atoms with van der Waals surface area (Å²) in [5.41, 5.74) is 2.45. The number of fused-ring (bicyclic) bond motifs is 2. The lowest BCUT2D eigenvalue weighted by atomic mass is 9.80. The summed E-state index contributed by atoms with van der Waals surface area (Å²) in [6.45, 7) is 2.93. The van der Waals surface area contributed by atoms with Gasteiger partial charge in [-0.2, -0.15) is 10.5 Å². The van der Waals surface area contributed by atoms with E-state index in [1.54, 1.807) is 43.3 Å². The van der Waals surface area contributed by atoms with Gasteiger partial charge in [0.1, 0.15) is 47.8 Å². The number of halogens is 5. The van der Waals surface area contributed by atoms with Crippen LogP contribution in [0.15, 0.2) is 179 Å². The van der Waals surface area contributed by atoms with Crippen molar-refractivity contribution in [2.45, 2.75) is 23.6 Å². The lowest BCUT2D eigenvalue weighted by molar-refractivity contribution is 0.365. The lowest BCUT2D eigenvalue weighted by Gasteiger charge is -2.17. The second-order valence-electron chi connectivity index (χ2n) is 17.2. The average molecular weight is 1250 g/mol. The first-order valence-electron chi connectivity index (χ1n) is 23.5. The molecule has 0 saturated heterocycles. The van der Waals surface area contributed by atoms with Crippen molar-refractivity contribution >= 4 is 105 Å². The number of nitrogens with zero attached hydrogens (tertiary/aromatic N) is 6. The minimum Gasteiger partial charge on any atom is -0.477 e. The summed E-state index contributed by atoms with van der Waals surface area (Å²) in [5.74, 6) is -1.09. The van der Waals surface area contributed by atoms with Gasteiger partial charge in [-0.15, -0.1) is 0 Å². The number of pyridine rings is 2. The molecule has 416 valence electrons. The molecule has 6 aromatic carbocycles. The molecular formula is C54H38BBrCl2F2N8O12S2. The van der Waals surface area contributed by atoms with Crippen LogP contribution in [-0.4, -0.2) is 66.7 Å². The molecule has 0 saturated carbocycles. The molecule has 0 amide bonds. The number of nitrogens with one attached hydrogen (secondary N) is 2. The first-order valence-corrected chi connectivity index (χ1v) is 28.0. The van der Waals surface area contributed by atoms with Gasteiger partial charge >= 0.3 is 7.12 Å². The molecule has 82 heavy (non-hydrogen) atoms. The number of aromatic nitrogens is 4. The molecule has 0 bridgehead atoms. The van der Waals surface area contributed by atoms with E-state index in [0.29, 0.717) is 42.9 Å². The third-order valence-electron chi connectivity index (χ3n) is 11.8. The van der Waals surface area contributed by atoms with Crippen molar-refractivity contribution < 1.29 is 54.2 Å². The van der Waals surface area contributed by atoms with E-state index in [1.165, 1.54) is 107 Å². The predicted molar refractivity (Wildman–Crippen MR) is 305 cm³/mol. The Bertz CT molecular complexity index is 4510. The number of aryl methyl sites for hydroxylation is 2. The van der Waals surface area contributed by atoms with Crippen molar-refractivity contribution in [3.63, 3.8) is 0 Å². The van der Waals surface area contributed by atoms with Crippen molar-refractivity contribution in [2.24, 2.45) is 0 Å². The quantitative estimate of drug-likeness (QED) is 0.0737. The van der Waals surface area contributed by atoms with Crippen LogP contribution in [0, 0.1) is 48.1 Å². The van der Waals surface area contributed by atoms with Gasteiger partial charge in [-0.3, -0.25) is 28.2 Å². The van der Waals surface area contributed by atoms with E-state index in [1.807, 2.05) is 19.1 Å². The molecule has 0 aliphatic heterocycles. The molecule has 0 aliphatic carbocycles. The number of hydrogen-bond donors (Lipinski definition) is 4. The molecule has 10 rings (SSSR count).